The van der Waals surface area contributed by atoms with Crippen LogP contribution in [0, 0.1) is 6.92 Å². The van der Waals surface area contributed by atoms with Crippen molar-refractivity contribution in [2.45, 2.75) is 32.1 Å². The summed E-state index contributed by atoms with van der Waals surface area (Å²) in [7, 11) is 3.79. The van der Waals surface area contributed by atoms with Gasteiger partial charge < -0.3 is 13.7 Å². The number of nitrogens with one attached hydrogen (secondary N) is 1. The second-order valence-electron chi connectivity index (χ2n) is 7.52. The van der Waals surface area contributed by atoms with Gasteiger partial charge in [-0.05, 0) is 49.9 Å². The Kier molecular flexibility index (Phi) is 4.95. The maximum Gasteiger partial charge on any atom is 0.253 e. The normalized spacial score (nSPS) is 15.3. The number of aryl methyl sites for hydroxylation is 3. The molecule has 4 rings (SSSR count). The van der Waals surface area contributed by atoms with Crippen LogP contribution in [0.5, 0.6) is 0 Å². The molecule has 1 N–H and O–H groups in total. The first-order valence-electron chi connectivity index (χ1n) is 9.35. The van der Waals surface area contributed by atoms with Crippen molar-refractivity contribution in [2.24, 2.45) is 14.1 Å². The van der Waals surface area contributed by atoms with Gasteiger partial charge in [0.15, 0.2) is 0 Å². The van der Waals surface area contributed by atoms with Crippen LogP contribution in [0.4, 0.5) is 0 Å². The molecule has 0 aliphatic heterocycles. The zero-order chi connectivity index (χ0) is 20.0. The first kappa shape index (κ1) is 19.0. The number of nitrogens with zero attached hydrogens (tertiary/aromatic N) is 3. The van der Waals surface area contributed by atoms with Crippen molar-refractivity contribution in [1.82, 2.24) is 18.8 Å². The minimum atomic E-state index is -2.27. The largest absolute Gasteiger partial charge is 0.760 e. The van der Waals surface area contributed by atoms with E-state index in [1.165, 1.54) is 0 Å². The number of hydrogen-bond acceptors (Lipinski definition) is 4. The van der Waals surface area contributed by atoms with Gasteiger partial charge >= 0.3 is 0 Å². The molecule has 1 aliphatic carbocycles. The topological polar surface area (TPSA) is 92.0 Å². The maximum absolute atomic E-state index is 12.1. The van der Waals surface area contributed by atoms with Crippen molar-refractivity contribution in [3.63, 3.8) is 0 Å². The van der Waals surface area contributed by atoms with Crippen LogP contribution < -0.4 is 10.3 Å². The summed E-state index contributed by atoms with van der Waals surface area (Å²) in [4.78, 5) is 17.1. The summed E-state index contributed by atoms with van der Waals surface area (Å²) in [6.07, 6.45) is 4.74. The van der Waals surface area contributed by atoms with Gasteiger partial charge in [0.1, 0.15) is 5.82 Å². The van der Waals surface area contributed by atoms with Crippen molar-refractivity contribution in [3.8, 4) is 11.1 Å². The van der Waals surface area contributed by atoms with E-state index in [2.05, 4.69) is 21.4 Å². The summed E-state index contributed by atoms with van der Waals surface area (Å²) in [6, 6.07) is 6.04. The highest BCUT2D eigenvalue weighted by atomic mass is 32.2. The Morgan fingerprint density at radius 2 is 2.04 bits per heavy atom. The average molecular weight is 399 g/mol. The van der Waals surface area contributed by atoms with E-state index in [4.69, 9.17) is 4.98 Å². The highest BCUT2D eigenvalue weighted by Crippen LogP contribution is 2.41. The average Bonchev–Trinajstić information content (AvgIpc) is 3.43. The van der Waals surface area contributed by atoms with Crippen LogP contribution in [0.25, 0.3) is 22.2 Å². The number of aromatic nitrogens is 3. The van der Waals surface area contributed by atoms with Crippen LogP contribution in [-0.4, -0.2) is 29.4 Å². The fourth-order valence-corrected chi connectivity index (χ4v) is 4.01. The van der Waals surface area contributed by atoms with Gasteiger partial charge in [-0.25, -0.2) is 9.71 Å². The van der Waals surface area contributed by atoms with Crippen LogP contribution >= 0.6 is 0 Å². The van der Waals surface area contributed by atoms with Crippen LogP contribution in [0.15, 0.2) is 29.2 Å². The molecule has 1 saturated carbocycles. The van der Waals surface area contributed by atoms with Gasteiger partial charge in [-0.1, -0.05) is 0 Å². The number of benzene rings is 1. The van der Waals surface area contributed by atoms with E-state index in [-0.39, 0.29) is 5.56 Å². The molecule has 1 unspecified atom stereocenters. The van der Waals surface area contributed by atoms with E-state index in [0.717, 1.165) is 46.4 Å². The van der Waals surface area contributed by atoms with Crippen LogP contribution in [0.3, 0.4) is 0 Å². The Labute approximate surface area is 165 Å². The minimum Gasteiger partial charge on any atom is -0.760 e. The van der Waals surface area contributed by atoms with E-state index < -0.39 is 11.3 Å². The molecule has 1 aliphatic rings. The van der Waals surface area contributed by atoms with Crippen molar-refractivity contribution in [3.05, 3.63) is 51.7 Å². The lowest BCUT2D eigenvalue weighted by Crippen LogP contribution is -2.19. The first-order chi connectivity index (χ1) is 13.3. The third-order valence-corrected chi connectivity index (χ3v) is 5.77. The van der Waals surface area contributed by atoms with Crippen LogP contribution in [-0.2, 0) is 31.8 Å². The summed E-state index contributed by atoms with van der Waals surface area (Å²) < 4.78 is 27.7. The van der Waals surface area contributed by atoms with Crippen LogP contribution in [0.1, 0.15) is 35.7 Å². The predicted octanol–water partition coefficient (Wildman–Crippen LogP) is 2.05. The number of rotatable bonds is 6. The fraction of sp³-hybridized carbons (Fsp3) is 0.400. The third kappa shape index (κ3) is 3.55. The molecular weight excluding hydrogens is 376 g/mol. The van der Waals surface area contributed by atoms with Crippen molar-refractivity contribution < 1.29 is 8.76 Å². The van der Waals surface area contributed by atoms with Crippen molar-refractivity contribution in [2.75, 3.05) is 6.54 Å². The monoisotopic (exact) mass is 399 g/mol. The second-order valence-corrected chi connectivity index (χ2v) is 8.28. The Bertz CT molecular complexity index is 1120. The number of imidazole rings is 1. The molecule has 3 aromatic rings. The van der Waals surface area contributed by atoms with Gasteiger partial charge in [-0.3, -0.25) is 9.00 Å². The minimum absolute atomic E-state index is 0.0158. The smallest absolute Gasteiger partial charge is 0.253 e. The lowest BCUT2D eigenvalue weighted by Gasteiger charge is -2.11. The van der Waals surface area contributed by atoms with E-state index >= 15 is 0 Å². The van der Waals surface area contributed by atoms with E-state index in [1.54, 1.807) is 11.6 Å². The number of fused-ring (bicyclic) bond motifs is 1. The molecule has 0 amide bonds. The summed E-state index contributed by atoms with van der Waals surface area (Å²) >= 11 is -2.27. The summed E-state index contributed by atoms with van der Waals surface area (Å²) in [5.74, 6) is 1.61. The van der Waals surface area contributed by atoms with Crippen LogP contribution in [0.2, 0.25) is 0 Å². The van der Waals surface area contributed by atoms with Gasteiger partial charge in [-0.15, -0.1) is 0 Å². The Balaban J connectivity index is 1.88. The number of pyridine rings is 1. The Hall–Kier alpha value is -2.29. The molecule has 1 aromatic carbocycles. The number of hydrogen-bond donors (Lipinski definition) is 1. The molecule has 0 radical (unpaired) electrons. The molecule has 1 fully saturated rings. The zero-order valence-electron chi connectivity index (χ0n) is 16.2. The Morgan fingerprint density at radius 3 is 2.68 bits per heavy atom. The zero-order valence-corrected chi connectivity index (χ0v) is 17.0. The van der Waals surface area contributed by atoms with Gasteiger partial charge in [0.05, 0.1) is 11.0 Å². The molecule has 0 bridgehead atoms. The highest BCUT2D eigenvalue weighted by molar-refractivity contribution is 7.77. The molecule has 0 spiro atoms. The standard InChI is InChI=1S/C20H24N4O3S/c1-12-8-15(11-23(2)20(12)25)16-9-13(6-7-21-28(26)27)10-17-18(16)22-19(24(17)3)14-4-5-14/h8-11,14,21H,4-7H2,1-3H3,(H,26,27)/p-1. The van der Waals surface area contributed by atoms with Gasteiger partial charge in [0, 0.05) is 60.7 Å². The summed E-state index contributed by atoms with van der Waals surface area (Å²) in [5.41, 5.74) is 5.55. The van der Waals surface area contributed by atoms with Crippen molar-refractivity contribution in [1.29, 1.82) is 0 Å². The molecule has 0 saturated heterocycles. The summed E-state index contributed by atoms with van der Waals surface area (Å²) in [6.45, 7) is 2.15. The van der Waals surface area contributed by atoms with E-state index in [1.807, 2.05) is 26.2 Å². The maximum atomic E-state index is 12.1. The Morgan fingerprint density at radius 1 is 1.29 bits per heavy atom. The molecule has 2 aromatic heterocycles. The lowest BCUT2D eigenvalue weighted by molar-refractivity contribution is 0.523. The lowest BCUT2D eigenvalue weighted by atomic mass is 10.00. The van der Waals surface area contributed by atoms with Gasteiger partial charge in [-0.2, -0.15) is 0 Å². The second kappa shape index (κ2) is 7.27. The molecular formula is C20H23N4O3S-. The van der Waals surface area contributed by atoms with Gasteiger partial charge in [0.25, 0.3) is 5.56 Å². The third-order valence-electron chi connectivity index (χ3n) is 5.33. The quantitative estimate of drug-likeness (QED) is 0.642. The molecule has 148 valence electrons. The highest BCUT2D eigenvalue weighted by Gasteiger charge is 2.29. The summed E-state index contributed by atoms with van der Waals surface area (Å²) in [5, 5.41) is 0. The molecule has 1 atom stereocenters. The SMILES string of the molecule is Cc1cc(-c2cc(CCNS(=O)[O-])cc3c2nc(C2CC2)n3C)cn(C)c1=O. The van der Waals surface area contributed by atoms with Crippen molar-refractivity contribution >= 4 is 22.3 Å². The molecule has 8 heteroatoms. The first-order valence-corrected chi connectivity index (χ1v) is 10.4. The van der Waals surface area contributed by atoms with E-state index in [0.29, 0.717) is 24.4 Å². The molecule has 28 heavy (non-hydrogen) atoms. The predicted molar refractivity (Wildman–Crippen MR) is 109 cm³/mol. The van der Waals surface area contributed by atoms with Gasteiger partial charge in [0.2, 0.25) is 0 Å². The van der Waals surface area contributed by atoms with E-state index in [9.17, 15) is 13.6 Å². The molecule has 2 heterocycles. The fourth-order valence-electron chi connectivity index (χ4n) is 3.74. The molecule has 7 nitrogen and oxygen atoms in total.